The van der Waals surface area contributed by atoms with Gasteiger partial charge in [0.15, 0.2) is 20.2 Å². The summed E-state index contributed by atoms with van der Waals surface area (Å²) in [5.41, 5.74) is 0. The zero-order valence-corrected chi connectivity index (χ0v) is 24.2. The summed E-state index contributed by atoms with van der Waals surface area (Å²) in [6, 6.07) is 39.3. The van der Waals surface area contributed by atoms with Gasteiger partial charge in [0.2, 0.25) is 0 Å². The van der Waals surface area contributed by atoms with Crippen molar-refractivity contribution < 1.29 is 56.2 Å². The molecule has 0 spiro atoms. The Bertz CT molecular complexity index is 1060. The zero-order valence-electron chi connectivity index (χ0n) is 19.9. The second-order valence-corrected chi connectivity index (χ2v) is 16.5. The molecule has 0 amide bonds. The highest BCUT2D eigenvalue weighted by molar-refractivity contribution is 5.94. The van der Waals surface area contributed by atoms with E-state index in [2.05, 4.69) is 0 Å². The molecule has 0 saturated carbocycles. The van der Waals surface area contributed by atoms with Gasteiger partial charge in [-0.15, -0.1) is 0 Å². The average Bonchev–Trinajstić information content (AvgIpc) is 2.95. The van der Waals surface area contributed by atoms with Crippen LogP contribution >= 0.6 is 0 Å². The van der Waals surface area contributed by atoms with Gasteiger partial charge < -0.3 is 0 Å². The van der Waals surface area contributed by atoms with Crippen LogP contribution in [-0.2, 0) is 15.7 Å². The van der Waals surface area contributed by atoms with Crippen LogP contribution in [0.4, 0.5) is 0 Å². The number of hydrogen-bond acceptors (Lipinski definition) is 4. The van der Waals surface area contributed by atoms with Gasteiger partial charge in [-0.25, -0.2) is 15.7 Å². The van der Waals surface area contributed by atoms with E-state index >= 15 is 0 Å². The quantitative estimate of drug-likeness (QED) is 0.173. The molecule has 4 nitrogen and oxygen atoms in total. The molecular weight excluding hydrogens is 678 g/mol. The molecule has 0 N–H and O–H groups in total. The van der Waals surface area contributed by atoms with Crippen LogP contribution in [-0.4, -0.2) is 11.9 Å². The Morgan fingerprint density at radius 2 is 0.833 bits per heavy atom. The van der Waals surface area contributed by atoms with Gasteiger partial charge in [0.05, 0.1) is 0 Å². The lowest BCUT2D eigenvalue weighted by molar-refractivity contribution is -1.04. The minimum atomic E-state index is -2.55. The normalized spacial score (nSPS) is 11.0. The Labute approximate surface area is 227 Å². The van der Waals surface area contributed by atoms with E-state index in [4.69, 9.17) is 6.13 Å². The van der Waals surface area contributed by atoms with Gasteiger partial charge in [-0.1, -0.05) is 86.1 Å². The molecule has 4 rings (SSSR count). The highest BCUT2D eigenvalue weighted by Crippen LogP contribution is 2.09. The standard InChI is InChI=1S/C30H28I2O4/c1-2-15-28(29(33)35-31(24-16-7-3-8-17-24)25-18-9-4-10-19-25)30(34)36-32(26-20-11-5-12-21-26)27-22-13-6-14-23-27/h3-14,16-23,28H,2,15H2,1H3/q+2. The molecular formula is C30H28I2O4+2. The molecule has 0 aliphatic heterocycles. The van der Waals surface area contributed by atoms with Gasteiger partial charge in [-0.3, -0.25) is 0 Å². The Balaban J connectivity index is 1.59. The topological polar surface area (TPSA) is 52.6 Å². The lowest BCUT2D eigenvalue weighted by Gasteiger charge is -2.12. The van der Waals surface area contributed by atoms with Gasteiger partial charge in [0.25, 0.3) is 0 Å². The summed E-state index contributed by atoms with van der Waals surface area (Å²) < 4.78 is 16.4. The van der Waals surface area contributed by atoms with Gasteiger partial charge in [0, 0.05) is 0 Å². The number of carbonyl (C=O) groups is 2. The summed E-state index contributed by atoms with van der Waals surface area (Å²) in [6.45, 7) is 1.96. The zero-order chi connectivity index (χ0) is 25.2. The lowest BCUT2D eigenvalue weighted by Crippen LogP contribution is -3.86. The van der Waals surface area contributed by atoms with E-state index in [1.807, 2.05) is 128 Å². The molecule has 0 fully saturated rings. The first-order chi connectivity index (χ1) is 17.7. The fourth-order valence-corrected chi connectivity index (χ4v) is 11.6. The monoisotopic (exact) mass is 706 g/mol. The fraction of sp³-hybridized carbons (Fsp3) is 0.133. The van der Waals surface area contributed by atoms with Crippen LogP contribution in [0.15, 0.2) is 121 Å². The maximum Gasteiger partial charge on any atom is 0.374 e. The van der Waals surface area contributed by atoms with Crippen molar-refractivity contribution in [2.45, 2.75) is 19.8 Å². The molecule has 4 aromatic carbocycles. The smallest absolute Gasteiger partial charge is 0.246 e. The number of hydrogen-bond donors (Lipinski definition) is 0. The minimum Gasteiger partial charge on any atom is -0.246 e. The summed E-state index contributed by atoms with van der Waals surface area (Å²) in [4.78, 5) is 27.0. The van der Waals surface area contributed by atoms with Crippen LogP contribution < -0.4 is 40.5 Å². The van der Waals surface area contributed by atoms with E-state index in [0.29, 0.717) is 12.8 Å². The number of carbonyl (C=O) groups excluding carboxylic acids is 2. The molecule has 0 aromatic heterocycles. The van der Waals surface area contributed by atoms with Gasteiger partial charge in [-0.2, -0.15) is 0 Å². The van der Waals surface area contributed by atoms with Crippen molar-refractivity contribution in [3.63, 3.8) is 0 Å². The Morgan fingerprint density at radius 1 is 0.556 bits per heavy atom. The number of benzene rings is 4. The third-order valence-corrected chi connectivity index (χ3v) is 14.3. The maximum absolute atomic E-state index is 13.5. The molecule has 0 aliphatic carbocycles. The van der Waals surface area contributed by atoms with E-state index < -0.39 is 58.3 Å². The van der Waals surface area contributed by atoms with Crippen LogP contribution in [0.25, 0.3) is 0 Å². The second-order valence-electron chi connectivity index (χ2n) is 7.81. The minimum absolute atomic E-state index is 0.388. The molecule has 36 heavy (non-hydrogen) atoms. The summed E-state index contributed by atoms with van der Waals surface area (Å²) in [5.74, 6) is -1.93. The highest BCUT2D eigenvalue weighted by atomic mass is 127. The van der Waals surface area contributed by atoms with Crippen molar-refractivity contribution in [1.82, 2.24) is 0 Å². The summed E-state index contributed by atoms with van der Waals surface area (Å²) >= 11 is -5.10. The van der Waals surface area contributed by atoms with Crippen molar-refractivity contribution in [3.05, 3.63) is 136 Å². The molecule has 4 aromatic rings. The van der Waals surface area contributed by atoms with Crippen LogP contribution in [0.2, 0.25) is 0 Å². The highest BCUT2D eigenvalue weighted by Gasteiger charge is 2.43. The van der Waals surface area contributed by atoms with Crippen molar-refractivity contribution in [1.29, 1.82) is 0 Å². The molecule has 0 unspecified atom stereocenters. The van der Waals surface area contributed by atoms with E-state index in [9.17, 15) is 9.59 Å². The molecule has 184 valence electrons. The average molecular weight is 706 g/mol. The molecule has 0 atom stereocenters. The van der Waals surface area contributed by atoms with Crippen molar-refractivity contribution in [3.8, 4) is 0 Å². The third kappa shape index (κ3) is 6.94. The van der Waals surface area contributed by atoms with Crippen molar-refractivity contribution >= 4 is 11.9 Å². The first-order valence-corrected chi connectivity index (χ1v) is 17.8. The van der Waals surface area contributed by atoms with Crippen molar-refractivity contribution in [2.75, 3.05) is 0 Å². The molecule has 6 heteroatoms. The Morgan fingerprint density at radius 3 is 1.08 bits per heavy atom. The predicted molar refractivity (Wildman–Crippen MR) is 131 cm³/mol. The number of halogens is 2. The molecule has 2 radical (unpaired) electrons. The van der Waals surface area contributed by atoms with Crippen LogP contribution in [0, 0.1) is 20.2 Å². The molecule has 0 aliphatic rings. The van der Waals surface area contributed by atoms with E-state index in [-0.39, 0.29) is 0 Å². The second kappa shape index (κ2) is 13.5. The van der Waals surface area contributed by atoms with Crippen LogP contribution in [0.5, 0.6) is 0 Å². The maximum atomic E-state index is 13.5. The SMILES string of the molecule is CCCC(C(=O)O[I+](c1ccccc1)c1ccccc1)C(=O)O[I+](c1ccccc1)c1ccccc1. The lowest BCUT2D eigenvalue weighted by atomic mass is 10.1. The van der Waals surface area contributed by atoms with Crippen LogP contribution in [0.1, 0.15) is 19.8 Å². The third-order valence-electron chi connectivity index (χ3n) is 5.18. The number of rotatable bonds is 10. The summed E-state index contributed by atoms with van der Waals surface area (Å²) in [6.07, 6.45) is 1.06. The molecule has 0 saturated heterocycles. The predicted octanol–water partition coefficient (Wildman–Crippen LogP) is 0.0477. The molecule has 0 bridgehead atoms. The molecule has 0 heterocycles. The van der Waals surface area contributed by atoms with Gasteiger partial charge in [-0.05, 0) is 55.0 Å². The van der Waals surface area contributed by atoms with Gasteiger partial charge in [0.1, 0.15) is 0 Å². The fourth-order valence-electron chi connectivity index (χ4n) is 3.43. The van der Waals surface area contributed by atoms with E-state index in [0.717, 1.165) is 14.3 Å². The van der Waals surface area contributed by atoms with E-state index in [1.165, 1.54) is 0 Å². The first-order valence-electron chi connectivity index (χ1n) is 11.7. The Hall–Kier alpha value is -2.72. The van der Waals surface area contributed by atoms with Crippen LogP contribution in [0.3, 0.4) is 0 Å². The first kappa shape index (κ1) is 26.3. The van der Waals surface area contributed by atoms with Gasteiger partial charge >= 0.3 is 52.4 Å². The van der Waals surface area contributed by atoms with Crippen molar-refractivity contribution in [2.24, 2.45) is 5.92 Å². The van der Waals surface area contributed by atoms with E-state index in [1.54, 1.807) is 0 Å². The summed E-state index contributed by atoms with van der Waals surface area (Å²) in [7, 11) is 0. The summed E-state index contributed by atoms with van der Waals surface area (Å²) in [5, 5.41) is 0. The largest absolute Gasteiger partial charge is 0.374 e. The Kier molecular flexibility index (Phi) is 9.92.